The molecule has 0 bridgehead atoms. The topological polar surface area (TPSA) is 26.0 Å². The lowest BCUT2D eigenvalue weighted by atomic mass is 9.97. The van der Waals surface area contributed by atoms with Crippen molar-refractivity contribution in [2.45, 2.75) is 13.0 Å². The first kappa shape index (κ1) is 14.1. The van der Waals surface area contributed by atoms with Crippen molar-refractivity contribution in [3.8, 4) is 0 Å². The Hall–Kier alpha value is -1.33. The largest absolute Gasteiger partial charge is 0.320 e. The van der Waals surface area contributed by atoms with Gasteiger partial charge >= 0.3 is 0 Å². The monoisotopic (exact) mass is 329 g/mol. The molecule has 19 heavy (non-hydrogen) atoms. The summed E-state index contributed by atoms with van der Waals surface area (Å²) in [6.45, 7) is 1.52. The van der Waals surface area contributed by atoms with Gasteiger partial charge in [-0.3, -0.25) is 0 Å². The van der Waals surface area contributed by atoms with Crippen LogP contribution in [0.2, 0.25) is 0 Å². The summed E-state index contributed by atoms with van der Waals surface area (Å²) in [5.74, 6) is -1.84. The fraction of sp³-hybridized carbons (Fsp3) is 0.143. The standard InChI is InChI=1S/C14H11BrF3N/c1-7-2-11(13(18)6-12(7)17)14(19)8-3-9(15)5-10(16)4-8/h2-6,14H,19H2,1H3. The van der Waals surface area contributed by atoms with Crippen LogP contribution in [0, 0.1) is 24.4 Å². The maximum Gasteiger partial charge on any atom is 0.131 e. The minimum Gasteiger partial charge on any atom is -0.320 e. The number of benzene rings is 2. The highest BCUT2D eigenvalue weighted by Crippen LogP contribution is 2.27. The van der Waals surface area contributed by atoms with Crippen LogP contribution in [-0.4, -0.2) is 0 Å². The molecule has 0 saturated carbocycles. The van der Waals surface area contributed by atoms with E-state index >= 15 is 0 Å². The minimum atomic E-state index is -0.855. The Morgan fingerprint density at radius 2 is 1.68 bits per heavy atom. The number of hydrogen-bond acceptors (Lipinski definition) is 1. The predicted molar refractivity (Wildman–Crippen MR) is 71.2 cm³/mol. The Morgan fingerprint density at radius 1 is 1.00 bits per heavy atom. The van der Waals surface area contributed by atoms with Crippen LogP contribution in [0.15, 0.2) is 34.8 Å². The highest BCUT2D eigenvalue weighted by molar-refractivity contribution is 9.10. The molecule has 2 aromatic rings. The van der Waals surface area contributed by atoms with Crippen molar-refractivity contribution in [2.24, 2.45) is 5.73 Å². The molecule has 0 radical (unpaired) electrons. The second kappa shape index (κ2) is 5.35. The molecule has 2 N–H and O–H groups in total. The molecular formula is C14H11BrF3N. The van der Waals surface area contributed by atoms with E-state index < -0.39 is 23.5 Å². The number of aryl methyl sites for hydroxylation is 1. The predicted octanol–water partition coefficient (Wildman–Crippen LogP) is 4.22. The summed E-state index contributed by atoms with van der Waals surface area (Å²) in [5, 5.41) is 0. The molecule has 1 unspecified atom stereocenters. The van der Waals surface area contributed by atoms with E-state index in [1.165, 1.54) is 25.1 Å². The van der Waals surface area contributed by atoms with Gasteiger partial charge in [0.15, 0.2) is 0 Å². The van der Waals surface area contributed by atoms with Crippen molar-refractivity contribution in [2.75, 3.05) is 0 Å². The van der Waals surface area contributed by atoms with Gasteiger partial charge in [-0.05, 0) is 42.3 Å². The van der Waals surface area contributed by atoms with E-state index in [4.69, 9.17) is 5.73 Å². The molecule has 0 fully saturated rings. The molecule has 0 amide bonds. The maximum atomic E-state index is 13.7. The molecule has 100 valence electrons. The molecule has 0 aliphatic rings. The van der Waals surface area contributed by atoms with Gasteiger partial charge in [-0.1, -0.05) is 15.9 Å². The minimum absolute atomic E-state index is 0.136. The van der Waals surface area contributed by atoms with E-state index in [9.17, 15) is 13.2 Å². The molecule has 0 spiro atoms. The average Bonchev–Trinajstić information content (AvgIpc) is 2.31. The van der Waals surface area contributed by atoms with Crippen LogP contribution < -0.4 is 5.73 Å². The van der Waals surface area contributed by atoms with Crippen molar-refractivity contribution in [1.82, 2.24) is 0 Å². The Balaban J connectivity index is 2.49. The van der Waals surface area contributed by atoms with Crippen LogP contribution >= 0.6 is 15.9 Å². The molecule has 2 rings (SSSR count). The van der Waals surface area contributed by atoms with Crippen LogP contribution in [0.25, 0.3) is 0 Å². The van der Waals surface area contributed by atoms with Crippen molar-refractivity contribution >= 4 is 15.9 Å². The number of hydrogen-bond donors (Lipinski definition) is 1. The first-order valence-corrected chi connectivity index (χ1v) is 6.35. The quantitative estimate of drug-likeness (QED) is 0.876. The molecule has 1 atom stereocenters. The van der Waals surface area contributed by atoms with Gasteiger partial charge < -0.3 is 5.73 Å². The van der Waals surface area contributed by atoms with Crippen molar-refractivity contribution in [1.29, 1.82) is 0 Å². The number of nitrogens with two attached hydrogens (primary N) is 1. The molecule has 0 saturated heterocycles. The van der Waals surface area contributed by atoms with Crippen LogP contribution in [0.3, 0.4) is 0 Å². The molecule has 0 heterocycles. The summed E-state index contributed by atoms with van der Waals surface area (Å²) in [7, 11) is 0. The zero-order valence-electron chi connectivity index (χ0n) is 10.1. The third kappa shape index (κ3) is 2.98. The van der Waals surface area contributed by atoms with Crippen molar-refractivity contribution in [3.63, 3.8) is 0 Å². The third-order valence-electron chi connectivity index (χ3n) is 2.86. The molecule has 1 nitrogen and oxygen atoms in total. The number of halogens is 4. The van der Waals surface area contributed by atoms with Gasteiger partial charge in [0.05, 0.1) is 6.04 Å². The van der Waals surface area contributed by atoms with Gasteiger partial charge in [-0.25, -0.2) is 13.2 Å². The first-order chi connectivity index (χ1) is 8.88. The van der Waals surface area contributed by atoms with Gasteiger partial charge in [0.2, 0.25) is 0 Å². The van der Waals surface area contributed by atoms with E-state index in [2.05, 4.69) is 15.9 Å². The summed E-state index contributed by atoms with van der Waals surface area (Å²) < 4.78 is 40.8. The Bertz CT molecular complexity index is 608. The van der Waals surface area contributed by atoms with Gasteiger partial charge in [-0.15, -0.1) is 0 Å². The first-order valence-electron chi connectivity index (χ1n) is 5.55. The van der Waals surface area contributed by atoms with Crippen LogP contribution in [0.1, 0.15) is 22.7 Å². The summed E-state index contributed by atoms with van der Waals surface area (Å²) in [6.07, 6.45) is 0. The third-order valence-corrected chi connectivity index (χ3v) is 3.31. The van der Waals surface area contributed by atoms with E-state index in [1.54, 1.807) is 6.07 Å². The van der Waals surface area contributed by atoms with Gasteiger partial charge in [0.1, 0.15) is 17.5 Å². The number of rotatable bonds is 2. The highest BCUT2D eigenvalue weighted by atomic mass is 79.9. The SMILES string of the molecule is Cc1cc(C(N)c2cc(F)cc(Br)c2)c(F)cc1F. The van der Waals surface area contributed by atoms with Crippen LogP contribution in [0.4, 0.5) is 13.2 Å². The van der Waals surface area contributed by atoms with E-state index in [-0.39, 0.29) is 5.56 Å². The Labute approximate surface area is 117 Å². The van der Waals surface area contributed by atoms with E-state index in [0.717, 1.165) is 6.07 Å². The normalized spacial score (nSPS) is 12.5. The molecule has 5 heteroatoms. The van der Waals surface area contributed by atoms with Gasteiger partial charge in [-0.2, -0.15) is 0 Å². The lowest BCUT2D eigenvalue weighted by Gasteiger charge is -2.15. The summed E-state index contributed by atoms with van der Waals surface area (Å²) in [5.41, 5.74) is 6.77. The Kier molecular flexibility index (Phi) is 3.96. The van der Waals surface area contributed by atoms with Crippen LogP contribution in [-0.2, 0) is 0 Å². The summed E-state index contributed by atoms with van der Waals surface area (Å²) in [4.78, 5) is 0. The second-order valence-electron chi connectivity index (χ2n) is 4.30. The maximum absolute atomic E-state index is 13.7. The average molecular weight is 330 g/mol. The molecule has 0 aliphatic heterocycles. The smallest absolute Gasteiger partial charge is 0.131 e. The molecule has 0 aliphatic carbocycles. The summed E-state index contributed by atoms with van der Waals surface area (Å²) in [6, 6.07) is 5.39. The fourth-order valence-electron chi connectivity index (χ4n) is 1.85. The summed E-state index contributed by atoms with van der Waals surface area (Å²) >= 11 is 3.15. The zero-order chi connectivity index (χ0) is 14.2. The van der Waals surface area contributed by atoms with Crippen LogP contribution in [0.5, 0.6) is 0 Å². The molecule has 0 aromatic heterocycles. The van der Waals surface area contributed by atoms with Crippen molar-refractivity contribution < 1.29 is 13.2 Å². The lowest BCUT2D eigenvalue weighted by molar-refractivity contribution is 0.560. The lowest BCUT2D eigenvalue weighted by Crippen LogP contribution is -2.14. The zero-order valence-corrected chi connectivity index (χ0v) is 11.6. The highest BCUT2D eigenvalue weighted by Gasteiger charge is 2.17. The van der Waals surface area contributed by atoms with Gasteiger partial charge in [0, 0.05) is 16.1 Å². The Morgan fingerprint density at radius 3 is 2.32 bits per heavy atom. The van der Waals surface area contributed by atoms with Crippen molar-refractivity contribution in [3.05, 3.63) is 68.9 Å². The second-order valence-corrected chi connectivity index (χ2v) is 5.22. The van der Waals surface area contributed by atoms with E-state index in [0.29, 0.717) is 15.6 Å². The molecular weight excluding hydrogens is 319 g/mol. The fourth-order valence-corrected chi connectivity index (χ4v) is 2.34. The van der Waals surface area contributed by atoms with E-state index in [1.807, 2.05) is 0 Å². The van der Waals surface area contributed by atoms with Gasteiger partial charge in [0.25, 0.3) is 0 Å². The molecule has 2 aromatic carbocycles.